The zero-order chi connectivity index (χ0) is 7.23. The highest BCUT2D eigenvalue weighted by Gasteiger charge is 1.90. The summed E-state index contributed by atoms with van der Waals surface area (Å²) < 4.78 is 0. The Bertz CT molecular complexity index is 157. The quantitative estimate of drug-likeness (QED) is 0.598. The molecule has 3 nitrogen and oxygen atoms in total. The molecule has 1 aromatic rings. The number of H-pyrrole nitrogens is 1. The van der Waals surface area contributed by atoms with Crippen molar-refractivity contribution < 1.29 is 0 Å². The van der Waals surface area contributed by atoms with Gasteiger partial charge in [-0.25, -0.2) is 0 Å². The molecule has 0 amide bonds. The number of nitrogens with zero attached hydrogens (tertiary/aromatic N) is 1. The van der Waals surface area contributed by atoms with Crippen molar-refractivity contribution in [3.8, 4) is 0 Å². The summed E-state index contributed by atoms with van der Waals surface area (Å²) in [7, 11) is 0. The van der Waals surface area contributed by atoms with E-state index in [1.807, 2.05) is 12.4 Å². The summed E-state index contributed by atoms with van der Waals surface area (Å²) in [6, 6.07) is 0. The molecule has 1 heterocycles. The Kier molecular flexibility index (Phi) is 2.96. The maximum absolute atomic E-state index is 3.85. The molecule has 3 heteroatoms. The van der Waals surface area contributed by atoms with Gasteiger partial charge in [-0.05, 0) is 25.1 Å². The van der Waals surface area contributed by atoms with Crippen molar-refractivity contribution in [1.29, 1.82) is 0 Å². The third-order valence-corrected chi connectivity index (χ3v) is 1.40. The smallest absolute Gasteiger partial charge is 0.0519 e. The highest BCUT2D eigenvalue weighted by molar-refractivity contribution is 5.02. The lowest BCUT2D eigenvalue weighted by Crippen LogP contribution is -2.15. The predicted molar refractivity (Wildman–Crippen MR) is 40.8 cm³/mol. The van der Waals surface area contributed by atoms with E-state index in [1.165, 1.54) is 5.56 Å². The third-order valence-electron chi connectivity index (χ3n) is 1.40. The second-order valence-electron chi connectivity index (χ2n) is 2.21. The molecule has 1 aromatic heterocycles. The van der Waals surface area contributed by atoms with Crippen molar-refractivity contribution in [3.63, 3.8) is 0 Å². The second kappa shape index (κ2) is 4.06. The summed E-state index contributed by atoms with van der Waals surface area (Å²) >= 11 is 0. The van der Waals surface area contributed by atoms with Crippen molar-refractivity contribution >= 4 is 0 Å². The van der Waals surface area contributed by atoms with Gasteiger partial charge in [0.15, 0.2) is 0 Å². The second-order valence-corrected chi connectivity index (χ2v) is 2.21. The highest BCUT2D eigenvalue weighted by atomic mass is 15.1. The molecule has 0 unspecified atom stereocenters. The van der Waals surface area contributed by atoms with Gasteiger partial charge in [-0.1, -0.05) is 6.92 Å². The number of hydrogen-bond donors (Lipinski definition) is 2. The van der Waals surface area contributed by atoms with Gasteiger partial charge in [0.25, 0.3) is 0 Å². The van der Waals surface area contributed by atoms with Crippen LogP contribution in [0.2, 0.25) is 0 Å². The molecule has 2 N–H and O–H groups in total. The van der Waals surface area contributed by atoms with Crippen LogP contribution >= 0.6 is 0 Å². The van der Waals surface area contributed by atoms with Gasteiger partial charge in [0.2, 0.25) is 0 Å². The van der Waals surface area contributed by atoms with Crippen LogP contribution in [0.4, 0.5) is 0 Å². The topological polar surface area (TPSA) is 40.7 Å². The van der Waals surface area contributed by atoms with E-state index in [0.717, 1.165) is 19.5 Å². The van der Waals surface area contributed by atoms with Crippen LogP contribution < -0.4 is 5.32 Å². The van der Waals surface area contributed by atoms with Crippen LogP contribution in [0.1, 0.15) is 12.5 Å². The average molecular weight is 139 g/mol. The lowest BCUT2D eigenvalue weighted by Gasteiger charge is -1.96. The molecule has 0 spiro atoms. The van der Waals surface area contributed by atoms with Crippen LogP contribution in [0, 0.1) is 0 Å². The number of nitrogens with one attached hydrogen (secondary N) is 2. The molecule has 10 heavy (non-hydrogen) atoms. The van der Waals surface area contributed by atoms with Crippen LogP contribution in [0.25, 0.3) is 0 Å². The Morgan fingerprint density at radius 1 is 1.70 bits per heavy atom. The molecule has 0 bridgehead atoms. The van der Waals surface area contributed by atoms with E-state index in [9.17, 15) is 0 Å². The van der Waals surface area contributed by atoms with E-state index in [-0.39, 0.29) is 0 Å². The molecule has 0 aliphatic heterocycles. The molecule has 1 rings (SSSR count). The van der Waals surface area contributed by atoms with E-state index in [4.69, 9.17) is 0 Å². The fraction of sp³-hybridized carbons (Fsp3) is 0.571. The van der Waals surface area contributed by atoms with E-state index in [0.29, 0.717) is 0 Å². The normalized spacial score (nSPS) is 10.1. The minimum atomic E-state index is 1.04. The first kappa shape index (κ1) is 7.28. The zero-order valence-corrected chi connectivity index (χ0v) is 6.22. The lowest BCUT2D eigenvalue weighted by atomic mass is 10.2. The first-order valence-electron chi connectivity index (χ1n) is 3.62. The van der Waals surface area contributed by atoms with Crippen LogP contribution in [0.3, 0.4) is 0 Å². The average Bonchev–Trinajstić information content (AvgIpc) is 2.41. The molecule has 0 radical (unpaired) electrons. The largest absolute Gasteiger partial charge is 0.317 e. The van der Waals surface area contributed by atoms with Gasteiger partial charge >= 0.3 is 0 Å². The molecule has 0 aliphatic rings. The van der Waals surface area contributed by atoms with Gasteiger partial charge in [0, 0.05) is 6.20 Å². The van der Waals surface area contributed by atoms with Crippen molar-refractivity contribution in [2.24, 2.45) is 0 Å². The highest BCUT2D eigenvalue weighted by Crippen LogP contribution is 1.92. The van der Waals surface area contributed by atoms with E-state index < -0.39 is 0 Å². The van der Waals surface area contributed by atoms with Crippen LogP contribution in [0.5, 0.6) is 0 Å². The fourth-order valence-corrected chi connectivity index (χ4v) is 0.824. The molecule has 0 atom stereocenters. The molecule has 0 aliphatic carbocycles. The molecular weight excluding hydrogens is 126 g/mol. The summed E-state index contributed by atoms with van der Waals surface area (Å²) in [5, 5.41) is 9.87. The van der Waals surface area contributed by atoms with Gasteiger partial charge in [-0.3, -0.25) is 5.10 Å². The van der Waals surface area contributed by atoms with Gasteiger partial charge in [0.1, 0.15) is 0 Å². The van der Waals surface area contributed by atoms with Gasteiger partial charge in [-0.2, -0.15) is 5.10 Å². The molecule has 0 fully saturated rings. The number of rotatable bonds is 4. The van der Waals surface area contributed by atoms with Crippen molar-refractivity contribution in [2.45, 2.75) is 13.3 Å². The maximum Gasteiger partial charge on any atom is 0.0519 e. The Balaban J connectivity index is 2.15. The number of likely N-dealkylation sites (N-methyl/N-ethyl adjacent to an activating group) is 1. The fourth-order valence-electron chi connectivity index (χ4n) is 0.824. The standard InChI is InChI=1S/C7H13N3/c1-2-8-4-3-7-5-9-10-6-7/h5-6,8H,2-4H2,1H3,(H,9,10). The molecule has 56 valence electrons. The lowest BCUT2D eigenvalue weighted by molar-refractivity contribution is 0.717. The molecule has 0 saturated carbocycles. The first-order valence-corrected chi connectivity index (χ1v) is 3.62. The molecule has 0 saturated heterocycles. The van der Waals surface area contributed by atoms with Crippen molar-refractivity contribution in [2.75, 3.05) is 13.1 Å². The Hall–Kier alpha value is -0.830. The summed E-state index contributed by atoms with van der Waals surface area (Å²) in [5.74, 6) is 0. The molecular formula is C7H13N3. The SMILES string of the molecule is CCNCCc1cn[nH]c1. The van der Waals surface area contributed by atoms with Crippen molar-refractivity contribution in [1.82, 2.24) is 15.5 Å². The number of aromatic nitrogens is 2. The van der Waals surface area contributed by atoms with Gasteiger partial charge in [0.05, 0.1) is 6.20 Å². The first-order chi connectivity index (χ1) is 4.93. The summed E-state index contributed by atoms with van der Waals surface area (Å²) in [4.78, 5) is 0. The molecule has 0 aromatic carbocycles. The number of hydrogen-bond acceptors (Lipinski definition) is 2. The Morgan fingerprint density at radius 3 is 3.20 bits per heavy atom. The minimum absolute atomic E-state index is 1.04. The third kappa shape index (κ3) is 2.19. The van der Waals surface area contributed by atoms with Crippen LogP contribution in [0.15, 0.2) is 12.4 Å². The number of aromatic amines is 1. The summed E-state index contributed by atoms with van der Waals surface area (Å²) in [6.07, 6.45) is 4.85. The summed E-state index contributed by atoms with van der Waals surface area (Å²) in [5.41, 5.74) is 1.26. The Labute approximate surface area is 60.8 Å². The monoisotopic (exact) mass is 139 g/mol. The van der Waals surface area contributed by atoms with E-state index in [2.05, 4.69) is 22.4 Å². The van der Waals surface area contributed by atoms with E-state index >= 15 is 0 Å². The minimum Gasteiger partial charge on any atom is -0.317 e. The van der Waals surface area contributed by atoms with Crippen molar-refractivity contribution in [3.05, 3.63) is 18.0 Å². The predicted octanol–water partition coefficient (Wildman–Crippen LogP) is 0.562. The van der Waals surface area contributed by atoms with Gasteiger partial charge < -0.3 is 5.32 Å². The van der Waals surface area contributed by atoms with Crippen LogP contribution in [-0.2, 0) is 6.42 Å². The maximum atomic E-state index is 3.85. The van der Waals surface area contributed by atoms with Gasteiger partial charge in [-0.15, -0.1) is 0 Å². The zero-order valence-electron chi connectivity index (χ0n) is 6.22. The summed E-state index contributed by atoms with van der Waals surface area (Å²) in [6.45, 7) is 4.18. The Morgan fingerprint density at radius 2 is 2.60 bits per heavy atom. The van der Waals surface area contributed by atoms with Crippen LogP contribution in [-0.4, -0.2) is 23.3 Å². The van der Waals surface area contributed by atoms with E-state index in [1.54, 1.807) is 0 Å².